The van der Waals surface area contributed by atoms with Crippen molar-refractivity contribution in [2.75, 3.05) is 12.8 Å². The van der Waals surface area contributed by atoms with Gasteiger partial charge in [0, 0.05) is 0 Å². The molecule has 0 aromatic rings. The molecule has 2 aliphatic heterocycles. The van der Waals surface area contributed by atoms with Crippen LogP contribution >= 0.6 is 15.2 Å². The zero-order valence-corrected chi connectivity index (χ0v) is 13.3. The minimum absolute atomic E-state index is 0.187. The second-order valence-corrected chi connectivity index (χ2v) is 14.7. The first-order valence-electron chi connectivity index (χ1n) is 6.94. The molecule has 0 N–H and O–H groups in total. The molecule has 2 rings (SSSR count). The van der Waals surface area contributed by atoms with Gasteiger partial charge in [0.25, 0.3) is 0 Å². The monoisotopic (exact) mass is 258 g/mol. The summed E-state index contributed by atoms with van der Waals surface area (Å²) < 4.78 is 0. The Morgan fingerprint density at radius 2 is 1.69 bits per heavy atom. The molecular weight excluding hydrogens is 230 g/mol. The van der Waals surface area contributed by atoms with Crippen LogP contribution < -0.4 is 0 Å². The van der Waals surface area contributed by atoms with E-state index < -0.39 is 7.26 Å². The van der Waals surface area contributed by atoms with Crippen molar-refractivity contribution < 1.29 is 0 Å². The molecule has 16 heavy (non-hydrogen) atoms. The van der Waals surface area contributed by atoms with E-state index in [1.807, 2.05) is 0 Å². The number of hydrogen-bond donors (Lipinski definition) is 0. The van der Waals surface area contributed by atoms with Gasteiger partial charge in [0.1, 0.15) is 0 Å². The van der Waals surface area contributed by atoms with Gasteiger partial charge in [-0.3, -0.25) is 0 Å². The summed E-state index contributed by atoms with van der Waals surface area (Å²) >= 11 is 0. The van der Waals surface area contributed by atoms with Crippen molar-refractivity contribution in [3.63, 3.8) is 0 Å². The zero-order valence-electron chi connectivity index (χ0n) is 11.4. The Bertz CT molecular complexity index is 274. The first-order chi connectivity index (χ1) is 7.48. The zero-order chi connectivity index (χ0) is 11.9. The van der Waals surface area contributed by atoms with E-state index >= 15 is 0 Å². The third-order valence-corrected chi connectivity index (χ3v) is 16.6. The number of hydrogen-bond acceptors (Lipinski definition) is 0. The molecule has 0 aliphatic carbocycles. The quantitative estimate of drug-likeness (QED) is 0.606. The van der Waals surface area contributed by atoms with Crippen molar-refractivity contribution >= 4 is 15.2 Å². The van der Waals surface area contributed by atoms with Gasteiger partial charge >= 0.3 is 103 Å². The van der Waals surface area contributed by atoms with E-state index in [4.69, 9.17) is 0 Å². The molecule has 1 unspecified atom stereocenters. The Morgan fingerprint density at radius 1 is 1.12 bits per heavy atom. The molecule has 2 fully saturated rings. The van der Waals surface area contributed by atoms with Gasteiger partial charge < -0.3 is 0 Å². The molecule has 0 amide bonds. The van der Waals surface area contributed by atoms with Crippen LogP contribution in [0.2, 0.25) is 0 Å². The van der Waals surface area contributed by atoms with Crippen molar-refractivity contribution in [1.29, 1.82) is 0 Å². The van der Waals surface area contributed by atoms with Crippen molar-refractivity contribution in [2.24, 2.45) is 0 Å². The molecule has 0 saturated carbocycles. The maximum atomic E-state index is 4.63. The second-order valence-electron chi connectivity index (χ2n) is 6.29. The van der Waals surface area contributed by atoms with Crippen LogP contribution in [0.5, 0.6) is 0 Å². The predicted octanol–water partition coefficient (Wildman–Crippen LogP) is 5.07. The van der Waals surface area contributed by atoms with Gasteiger partial charge in [-0.1, -0.05) is 0 Å². The van der Waals surface area contributed by atoms with Crippen LogP contribution in [0, 0.1) is 0 Å². The van der Waals surface area contributed by atoms with Crippen molar-refractivity contribution in [1.82, 2.24) is 0 Å². The van der Waals surface area contributed by atoms with Crippen LogP contribution in [0.1, 0.15) is 46.5 Å². The molecular formula is C14H28P2. The molecule has 0 aromatic heterocycles. The fourth-order valence-electron chi connectivity index (χ4n) is 3.80. The summed E-state index contributed by atoms with van der Waals surface area (Å²) in [6.07, 6.45) is 7.38. The van der Waals surface area contributed by atoms with Crippen LogP contribution in [0.15, 0.2) is 11.6 Å². The summed E-state index contributed by atoms with van der Waals surface area (Å²) in [5.74, 6) is 0. The van der Waals surface area contributed by atoms with Crippen LogP contribution in [0.25, 0.3) is 0 Å². The summed E-state index contributed by atoms with van der Waals surface area (Å²) in [6.45, 7) is 14.8. The summed E-state index contributed by atoms with van der Waals surface area (Å²) in [7, 11) is -0.982. The van der Waals surface area contributed by atoms with Gasteiger partial charge in [-0.05, 0) is 0 Å². The van der Waals surface area contributed by atoms with Crippen LogP contribution in [0.4, 0.5) is 0 Å². The molecule has 0 nitrogen and oxygen atoms in total. The van der Waals surface area contributed by atoms with E-state index in [0.29, 0.717) is 0 Å². The molecule has 94 valence electrons. The first kappa shape index (κ1) is 13.0. The Balaban J connectivity index is 2.19. The molecule has 0 bridgehead atoms. The molecule has 2 aliphatic rings. The van der Waals surface area contributed by atoms with E-state index in [9.17, 15) is 0 Å². The summed E-state index contributed by atoms with van der Waals surface area (Å²) in [5, 5.41) is 1.80. The Morgan fingerprint density at radius 3 is 2.12 bits per heavy atom. The van der Waals surface area contributed by atoms with Gasteiger partial charge in [0.2, 0.25) is 0 Å². The molecule has 2 heterocycles. The van der Waals surface area contributed by atoms with Crippen LogP contribution in [0.3, 0.4) is 0 Å². The summed E-state index contributed by atoms with van der Waals surface area (Å²) in [4.78, 5) is 0. The van der Waals surface area contributed by atoms with E-state index in [1.54, 1.807) is 5.06 Å². The van der Waals surface area contributed by atoms with E-state index in [1.165, 1.54) is 31.8 Å². The van der Waals surface area contributed by atoms with Gasteiger partial charge in [-0.2, -0.15) is 0 Å². The number of rotatable bonds is 2. The third-order valence-electron chi connectivity index (χ3n) is 5.60. The summed E-state index contributed by atoms with van der Waals surface area (Å²) in [5.41, 5.74) is 2.96. The van der Waals surface area contributed by atoms with Crippen LogP contribution in [-0.4, -0.2) is 29.8 Å². The molecule has 0 radical (unpaired) electrons. The van der Waals surface area contributed by atoms with E-state index in [0.717, 1.165) is 17.0 Å². The average Bonchev–Trinajstić information content (AvgIpc) is 2.78. The van der Waals surface area contributed by atoms with Gasteiger partial charge in [-0.15, -0.1) is 0 Å². The third kappa shape index (κ3) is 1.91. The fourth-order valence-corrected chi connectivity index (χ4v) is 14.5. The molecule has 4 atom stereocenters. The normalized spacial score (nSPS) is 44.5. The Kier molecular flexibility index (Phi) is 3.83. The van der Waals surface area contributed by atoms with Crippen LogP contribution in [-0.2, 0) is 0 Å². The molecule has 0 aromatic carbocycles. The standard InChI is InChI=1S/C14H28P2/c1-11-7-6-10-15(11)14(4)16(5)12(2)8-9-13(16)3/h11-13,16H,4,6-10H2,1-3,5H3/t11-,12-,13-,15?/m1/s1. The molecule has 0 spiro atoms. The van der Waals surface area contributed by atoms with Gasteiger partial charge in [-0.25, -0.2) is 0 Å². The fraction of sp³-hybridized carbons (Fsp3) is 0.857. The van der Waals surface area contributed by atoms with Gasteiger partial charge in [0.15, 0.2) is 0 Å². The van der Waals surface area contributed by atoms with E-state index in [2.05, 4.69) is 34.0 Å². The topological polar surface area (TPSA) is 0 Å². The van der Waals surface area contributed by atoms with Crippen molar-refractivity contribution in [3.05, 3.63) is 11.6 Å². The SMILES string of the molecule is C=C(P1CCC[C@H]1C)[PH]1(C)[C@H](C)CC[C@H]1C. The second kappa shape index (κ2) is 4.70. The minimum atomic E-state index is -1.17. The Hall–Kier alpha value is 0.600. The maximum absolute atomic E-state index is 4.63. The Labute approximate surface area is 103 Å². The molecule has 2 heteroatoms. The predicted molar refractivity (Wildman–Crippen MR) is 82.0 cm³/mol. The van der Waals surface area contributed by atoms with E-state index in [-0.39, 0.29) is 7.92 Å². The summed E-state index contributed by atoms with van der Waals surface area (Å²) in [6, 6.07) is 0. The first-order valence-corrected chi connectivity index (χ1v) is 11.2. The van der Waals surface area contributed by atoms with Crippen molar-refractivity contribution in [2.45, 2.75) is 63.4 Å². The average molecular weight is 258 g/mol. The van der Waals surface area contributed by atoms with Crippen molar-refractivity contribution in [3.8, 4) is 0 Å². The molecule has 2 saturated heterocycles. The van der Waals surface area contributed by atoms with Gasteiger partial charge in [0.05, 0.1) is 0 Å².